The summed E-state index contributed by atoms with van der Waals surface area (Å²) in [6, 6.07) is 9.93. The van der Waals surface area contributed by atoms with E-state index in [9.17, 15) is 4.79 Å². The average Bonchev–Trinajstić information content (AvgIpc) is 2.35. The Morgan fingerprint density at radius 1 is 1.18 bits per heavy atom. The normalized spacial score (nSPS) is 14.4. The Bertz CT molecular complexity index is 348. The average molecular weight is 235 g/mol. The van der Waals surface area contributed by atoms with Crippen molar-refractivity contribution < 1.29 is 9.53 Å². The lowest BCUT2D eigenvalue weighted by Gasteiger charge is -2.24. The van der Waals surface area contributed by atoms with E-state index in [1.54, 1.807) is 0 Å². The van der Waals surface area contributed by atoms with E-state index in [4.69, 9.17) is 4.74 Å². The number of carbonyl (C=O) groups is 1. The summed E-state index contributed by atoms with van der Waals surface area (Å²) in [6.45, 7) is 6.06. The van der Waals surface area contributed by atoms with Gasteiger partial charge < -0.3 is 4.74 Å². The van der Waals surface area contributed by atoms with Gasteiger partial charge in [0, 0.05) is 6.04 Å². The summed E-state index contributed by atoms with van der Waals surface area (Å²) < 4.78 is 4.81. The Morgan fingerprint density at radius 2 is 1.76 bits per heavy atom. The second-order valence-electron chi connectivity index (χ2n) is 4.54. The highest BCUT2D eigenvalue weighted by Gasteiger charge is 2.24. The maximum Gasteiger partial charge on any atom is 0.323 e. The van der Waals surface area contributed by atoms with Gasteiger partial charge in [-0.15, -0.1) is 0 Å². The van der Waals surface area contributed by atoms with E-state index in [0.29, 0.717) is 0 Å². The lowest BCUT2D eigenvalue weighted by atomic mass is 10.0. The lowest BCUT2D eigenvalue weighted by molar-refractivity contribution is -0.144. The van der Waals surface area contributed by atoms with Gasteiger partial charge in [-0.25, -0.2) is 0 Å². The Kier molecular flexibility index (Phi) is 5.16. The third-order valence-electron chi connectivity index (χ3n) is 2.85. The van der Waals surface area contributed by atoms with Crippen molar-refractivity contribution in [3.05, 3.63) is 35.9 Å². The van der Waals surface area contributed by atoms with Crippen LogP contribution in [0.4, 0.5) is 0 Å². The smallest absolute Gasteiger partial charge is 0.323 e. The van der Waals surface area contributed by atoms with Gasteiger partial charge in [0.25, 0.3) is 0 Å². The van der Waals surface area contributed by atoms with Gasteiger partial charge >= 0.3 is 5.97 Å². The largest absolute Gasteiger partial charge is 0.468 e. The van der Waals surface area contributed by atoms with Crippen LogP contribution in [-0.2, 0) is 9.53 Å². The number of nitrogens with one attached hydrogen (secondary N) is 1. The van der Waals surface area contributed by atoms with Crippen molar-refractivity contribution in [2.75, 3.05) is 7.11 Å². The first kappa shape index (κ1) is 13.7. The van der Waals surface area contributed by atoms with Crippen LogP contribution in [0.1, 0.15) is 32.4 Å². The molecule has 0 aliphatic rings. The summed E-state index contributed by atoms with van der Waals surface area (Å²) in [4.78, 5) is 11.6. The van der Waals surface area contributed by atoms with Crippen LogP contribution in [0.25, 0.3) is 0 Å². The van der Waals surface area contributed by atoms with Crippen LogP contribution in [0.2, 0.25) is 0 Å². The molecule has 3 heteroatoms. The van der Waals surface area contributed by atoms with Gasteiger partial charge in [0.1, 0.15) is 6.04 Å². The van der Waals surface area contributed by atoms with Gasteiger partial charge in [0.2, 0.25) is 0 Å². The number of hydrogen-bond donors (Lipinski definition) is 1. The number of hydrogen-bond acceptors (Lipinski definition) is 3. The Labute approximate surface area is 103 Å². The van der Waals surface area contributed by atoms with Crippen molar-refractivity contribution in [3.8, 4) is 0 Å². The van der Waals surface area contributed by atoms with Crippen LogP contribution in [0.15, 0.2) is 30.3 Å². The van der Waals surface area contributed by atoms with Gasteiger partial charge in [0.05, 0.1) is 7.11 Å². The van der Waals surface area contributed by atoms with E-state index in [2.05, 4.69) is 5.32 Å². The molecule has 1 rings (SSSR count). The summed E-state index contributed by atoms with van der Waals surface area (Å²) in [5.41, 5.74) is 1.17. The minimum atomic E-state index is -0.268. The molecule has 0 radical (unpaired) electrons. The zero-order chi connectivity index (χ0) is 12.8. The van der Waals surface area contributed by atoms with Crippen LogP contribution in [0, 0.1) is 5.92 Å². The molecule has 94 valence electrons. The van der Waals surface area contributed by atoms with Gasteiger partial charge in [0.15, 0.2) is 0 Å². The van der Waals surface area contributed by atoms with E-state index in [0.717, 1.165) is 0 Å². The molecule has 0 spiro atoms. The number of rotatable bonds is 5. The fourth-order valence-corrected chi connectivity index (χ4v) is 1.77. The first-order valence-electron chi connectivity index (χ1n) is 5.95. The van der Waals surface area contributed by atoms with Gasteiger partial charge in [-0.3, -0.25) is 10.1 Å². The predicted molar refractivity (Wildman–Crippen MR) is 68.6 cm³/mol. The monoisotopic (exact) mass is 235 g/mol. The molecule has 0 fully saturated rings. The summed E-state index contributed by atoms with van der Waals surface area (Å²) in [6.07, 6.45) is 0. The molecule has 0 saturated carbocycles. The highest BCUT2D eigenvalue weighted by atomic mass is 16.5. The Balaban J connectivity index is 2.71. The van der Waals surface area contributed by atoms with Crippen LogP contribution in [-0.4, -0.2) is 19.1 Å². The van der Waals surface area contributed by atoms with Crippen molar-refractivity contribution in [2.45, 2.75) is 32.9 Å². The van der Waals surface area contributed by atoms with E-state index in [1.807, 2.05) is 51.1 Å². The van der Waals surface area contributed by atoms with Crippen molar-refractivity contribution in [1.29, 1.82) is 0 Å². The fourth-order valence-electron chi connectivity index (χ4n) is 1.77. The van der Waals surface area contributed by atoms with Gasteiger partial charge in [-0.1, -0.05) is 44.2 Å². The SMILES string of the molecule is COC(=O)[C@H](NC(C)c1ccccc1)C(C)C. The quantitative estimate of drug-likeness (QED) is 0.797. The molecule has 0 bridgehead atoms. The molecule has 0 amide bonds. The van der Waals surface area contributed by atoms with E-state index >= 15 is 0 Å². The van der Waals surface area contributed by atoms with Crippen molar-refractivity contribution in [3.63, 3.8) is 0 Å². The van der Waals surface area contributed by atoms with E-state index < -0.39 is 0 Å². The minimum absolute atomic E-state index is 0.127. The highest BCUT2D eigenvalue weighted by molar-refractivity contribution is 5.76. The standard InChI is InChI=1S/C14H21NO2/c1-10(2)13(14(16)17-4)15-11(3)12-8-6-5-7-9-12/h5-11,13,15H,1-4H3/t11?,13-/m1/s1. The molecule has 0 aliphatic carbocycles. The third kappa shape index (κ3) is 3.86. The molecule has 1 aromatic rings. The minimum Gasteiger partial charge on any atom is -0.468 e. The van der Waals surface area contributed by atoms with E-state index in [1.165, 1.54) is 12.7 Å². The van der Waals surface area contributed by atoms with Gasteiger partial charge in [-0.2, -0.15) is 0 Å². The Hall–Kier alpha value is -1.35. The number of esters is 1. The molecule has 0 aliphatic heterocycles. The fraction of sp³-hybridized carbons (Fsp3) is 0.500. The van der Waals surface area contributed by atoms with Gasteiger partial charge in [-0.05, 0) is 18.4 Å². The molecule has 2 atom stereocenters. The molecule has 1 unspecified atom stereocenters. The number of carbonyl (C=O) groups excluding carboxylic acids is 1. The first-order chi connectivity index (χ1) is 8.06. The molecule has 1 N–H and O–H groups in total. The summed E-state index contributed by atoms with van der Waals surface area (Å²) in [7, 11) is 1.42. The van der Waals surface area contributed by atoms with Crippen molar-refractivity contribution in [1.82, 2.24) is 5.32 Å². The molecule has 0 heterocycles. The summed E-state index contributed by atoms with van der Waals surface area (Å²) in [5, 5.41) is 3.31. The van der Waals surface area contributed by atoms with Crippen LogP contribution in [0.5, 0.6) is 0 Å². The number of ether oxygens (including phenoxy) is 1. The highest BCUT2D eigenvalue weighted by Crippen LogP contribution is 2.15. The van der Waals surface area contributed by atoms with E-state index in [-0.39, 0.29) is 24.0 Å². The molecule has 3 nitrogen and oxygen atoms in total. The number of benzene rings is 1. The molecule has 1 aromatic carbocycles. The lowest BCUT2D eigenvalue weighted by Crippen LogP contribution is -2.42. The summed E-state index contributed by atoms with van der Waals surface area (Å²) >= 11 is 0. The molecule has 0 saturated heterocycles. The zero-order valence-corrected chi connectivity index (χ0v) is 10.9. The Morgan fingerprint density at radius 3 is 2.24 bits per heavy atom. The van der Waals surface area contributed by atoms with Crippen LogP contribution < -0.4 is 5.32 Å². The first-order valence-corrected chi connectivity index (χ1v) is 5.95. The van der Waals surface area contributed by atoms with Crippen LogP contribution >= 0.6 is 0 Å². The second kappa shape index (κ2) is 6.40. The maximum atomic E-state index is 11.6. The van der Waals surface area contributed by atoms with Crippen LogP contribution in [0.3, 0.4) is 0 Å². The predicted octanol–water partition coefficient (Wildman–Crippen LogP) is 2.53. The second-order valence-corrected chi connectivity index (χ2v) is 4.54. The molecule has 17 heavy (non-hydrogen) atoms. The summed E-state index contributed by atoms with van der Waals surface area (Å²) in [5.74, 6) is -0.00334. The van der Waals surface area contributed by atoms with Crippen molar-refractivity contribution in [2.24, 2.45) is 5.92 Å². The molecule has 0 aromatic heterocycles. The third-order valence-corrected chi connectivity index (χ3v) is 2.85. The maximum absolute atomic E-state index is 11.6. The molecular formula is C14H21NO2. The van der Waals surface area contributed by atoms with Crippen molar-refractivity contribution >= 4 is 5.97 Å². The topological polar surface area (TPSA) is 38.3 Å². The molecular weight excluding hydrogens is 214 g/mol. The number of methoxy groups -OCH3 is 1. The zero-order valence-electron chi connectivity index (χ0n) is 10.9.